The summed E-state index contributed by atoms with van der Waals surface area (Å²) in [5.74, 6) is 1.29. The number of nitrogens with one attached hydrogen (secondary N) is 1. The summed E-state index contributed by atoms with van der Waals surface area (Å²) in [7, 11) is 1.61. The second kappa shape index (κ2) is 9.73. The van der Waals surface area contributed by atoms with Crippen LogP contribution in [0.3, 0.4) is 0 Å². The summed E-state index contributed by atoms with van der Waals surface area (Å²) in [6, 6.07) is 12.7. The normalized spacial score (nSPS) is 20.5. The molecule has 0 bridgehead atoms. The quantitative estimate of drug-likeness (QED) is 0.286. The average Bonchev–Trinajstić information content (AvgIpc) is 3.29. The van der Waals surface area contributed by atoms with Gasteiger partial charge in [0.25, 0.3) is 0 Å². The molecule has 0 amide bonds. The van der Waals surface area contributed by atoms with E-state index >= 15 is 0 Å². The van der Waals surface area contributed by atoms with Crippen LogP contribution in [0.5, 0.6) is 11.5 Å². The van der Waals surface area contributed by atoms with Crippen molar-refractivity contribution in [2.45, 2.75) is 25.0 Å². The lowest BCUT2D eigenvalue weighted by atomic mass is 9.77. The highest BCUT2D eigenvalue weighted by Gasteiger charge is 2.39. The Hall–Kier alpha value is -1.73. The Bertz CT molecular complexity index is 1300. The zero-order valence-electron chi connectivity index (χ0n) is 18.0. The van der Waals surface area contributed by atoms with E-state index < -0.39 is 0 Å². The van der Waals surface area contributed by atoms with Crippen LogP contribution in [-0.4, -0.2) is 7.11 Å². The molecular weight excluding hydrogens is 608 g/mol. The maximum atomic E-state index is 14.9. The Morgan fingerprint density at radius 3 is 2.71 bits per heavy atom. The van der Waals surface area contributed by atoms with Crippen molar-refractivity contribution in [3.05, 3.63) is 96.1 Å². The molecule has 0 saturated carbocycles. The van der Waals surface area contributed by atoms with E-state index in [-0.39, 0.29) is 30.3 Å². The fraction of sp³-hybridized carbons (Fsp3) is 0.231. The highest BCUT2D eigenvalue weighted by Crippen LogP contribution is 2.52. The van der Waals surface area contributed by atoms with E-state index in [2.05, 4.69) is 49.3 Å². The molecule has 176 valence electrons. The molecule has 1 aliphatic heterocycles. The topological polar surface area (TPSA) is 30.5 Å². The lowest BCUT2D eigenvalue weighted by Crippen LogP contribution is -2.29. The highest BCUT2D eigenvalue weighted by molar-refractivity contribution is 9.10. The van der Waals surface area contributed by atoms with Crippen molar-refractivity contribution in [3.63, 3.8) is 0 Å². The third-order valence-corrected chi connectivity index (χ3v) is 8.02. The molecule has 3 nitrogen and oxygen atoms in total. The van der Waals surface area contributed by atoms with Gasteiger partial charge in [0.05, 0.1) is 23.3 Å². The van der Waals surface area contributed by atoms with Gasteiger partial charge >= 0.3 is 0 Å². The van der Waals surface area contributed by atoms with E-state index in [1.807, 2.05) is 24.3 Å². The number of benzene rings is 3. The Morgan fingerprint density at radius 1 is 1.12 bits per heavy atom. The highest BCUT2D eigenvalue weighted by atomic mass is 79.9. The molecule has 0 spiro atoms. The van der Waals surface area contributed by atoms with Crippen molar-refractivity contribution in [1.82, 2.24) is 0 Å². The first-order valence-electron chi connectivity index (χ1n) is 10.7. The first-order valence-corrected chi connectivity index (χ1v) is 13.1. The molecule has 0 fully saturated rings. The lowest BCUT2D eigenvalue weighted by Gasteiger charge is -2.38. The molecular formula is C26H20Br2Cl2FNO2. The molecule has 1 aliphatic carbocycles. The molecule has 3 atom stereocenters. The van der Waals surface area contributed by atoms with Gasteiger partial charge in [-0.05, 0) is 75.8 Å². The molecule has 1 heterocycles. The summed E-state index contributed by atoms with van der Waals surface area (Å²) >= 11 is 19.4. The fourth-order valence-electron chi connectivity index (χ4n) is 4.80. The summed E-state index contributed by atoms with van der Waals surface area (Å²) in [6.07, 6.45) is 5.27. The molecule has 1 N–H and O–H groups in total. The molecule has 0 unspecified atom stereocenters. The predicted molar refractivity (Wildman–Crippen MR) is 142 cm³/mol. The van der Waals surface area contributed by atoms with Crippen LogP contribution in [-0.2, 0) is 6.61 Å². The van der Waals surface area contributed by atoms with Gasteiger partial charge in [0.1, 0.15) is 12.4 Å². The third kappa shape index (κ3) is 4.46. The van der Waals surface area contributed by atoms with Gasteiger partial charge in [0.15, 0.2) is 11.5 Å². The van der Waals surface area contributed by atoms with Gasteiger partial charge in [0.2, 0.25) is 0 Å². The predicted octanol–water partition coefficient (Wildman–Crippen LogP) is 9.07. The van der Waals surface area contributed by atoms with Gasteiger partial charge in [0, 0.05) is 26.0 Å². The fourth-order valence-corrected chi connectivity index (χ4v) is 6.28. The molecule has 34 heavy (non-hydrogen) atoms. The van der Waals surface area contributed by atoms with Gasteiger partial charge in [-0.2, -0.15) is 0 Å². The summed E-state index contributed by atoms with van der Waals surface area (Å²) < 4.78 is 28.2. The smallest absolute Gasteiger partial charge is 0.175 e. The van der Waals surface area contributed by atoms with Crippen molar-refractivity contribution >= 4 is 60.7 Å². The van der Waals surface area contributed by atoms with Crippen LogP contribution in [0.4, 0.5) is 10.1 Å². The third-order valence-electron chi connectivity index (χ3n) is 6.38. The van der Waals surface area contributed by atoms with Crippen molar-refractivity contribution in [1.29, 1.82) is 0 Å². The van der Waals surface area contributed by atoms with Crippen molar-refractivity contribution in [3.8, 4) is 11.5 Å². The molecule has 5 rings (SSSR count). The SMILES string of the molecule is COc1cc([C@@H]2Nc3c(F)cc(Br)cc3[C@@H]3C=CC[C@H]32)cc(Br)c1OCc1ccc(Cl)cc1Cl. The molecule has 3 aromatic carbocycles. The zero-order valence-corrected chi connectivity index (χ0v) is 22.7. The molecule has 3 aromatic rings. The van der Waals surface area contributed by atoms with E-state index in [1.165, 1.54) is 6.07 Å². The first kappa shape index (κ1) is 24.0. The number of allylic oxidation sites excluding steroid dienone is 2. The van der Waals surface area contributed by atoms with Crippen LogP contribution in [0.15, 0.2) is 63.6 Å². The molecule has 2 aliphatic rings. The number of hydrogen-bond donors (Lipinski definition) is 1. The van der Waals surface area contributed by atoms with E-state index in [1.54, 1.807) is 19.2 Å². The first-order chi connectivity index (χ1) is 16.4. The van der Waals surface area contributed by atoms with Gasteiger partial charge in [-0.3, -0.25) is 0 Å². The number of halogens is 5. The van der Waals surface area contributed by atoms with Gasteiger partial charge in [-0.25, -0.2) is 4.39 Å². The van der Waals surface area contributed by atoms with E-state index in [0.29, 0.717) is 27.2 Å². The Morgan fingerprint density at radius 2 is 1.94 bits per heavy atom. The van der Waals surface area contributed by atoms with Crippen LogP contribution < -0.4 is 14.8 Å². The average molecular weight is 628 g/mol. The summed E-state index contributed by atoms with van der Waals surface area (Å²) in [6.45, 7) is 0.258. The van der Waals surface area contributed by atoms with Crippen LogP contribution in [0, 0.1) is 11.7 Å². The number of anilines is 1. The molecule has 0 radical (unpaired) electrons. The second-order valence-corrected chi connectivity index (χ2v) is 11.0. The monoisotopic (exact) mass is 625 g/mol. The Labute approximate surface area is 224 Å². The van der Waals surface area contributed by atoms with E-state index in [9.17, 15) is 4.39 Å². The Balaban J connectivity index is 1.47. The van der Waals surface area contributed by atoms with E-state index in [4.69, 9.17) is 32.7 Å². The number of methoxy groups -OCH3 is 1. The van der Waals surface area contributed by atoms with Crippen molar-refractivity contribution in [2.24, 2.45) is 5.92 Å². The van der Waals surface area contributed by atoms with E-state index in [0.717, 1.165) is 32.1 Å². The number of rotatable bonds is 5. The van der Waals surface area contributed by atoms with Crippen molar-refractivity contribution in [2.75, 3.05) is 12.4 Å². The van der Waals surface area contributed by atoms with Gasteiger partial charge in [-0.1, -0.05) is 57.4 Å². The number of fused-ring (bicyclic) bond motifs is 3. The maximum absolute atomic E-state index is 14.9. The van der Waals surface area contributed by atoms with Crippen LogP contribution in [0.2, 0.25) is 10.0 Å². The standard InChI is InChI=1S/C26H20Br2Cl2FNO2/c1-33-23-8-14(7-20(28)26(23)34-12-13-5-6-16(29)11-21(13)30)24-18-4-2-3-17(18)19-9-15(27)10-22(31)25(19)32-24/h2-3,5-11,17-18,24,32H,4,12H2,1H3/t17-,18-,24+/m1/s1. The van der Waals surface area contributed by atoms with Crippen LogP contribution >= 0.6 is 55.1 Å². The number of ether oxygens (including phenoxy) is 2. The summed E-state index contributed by atoms with van der Waals surface area (Å²) in [5.41, 5.74) is 3.34. The molecule has 8 heteroatoms. The maximum Gasteiger partial charge on any atom is 0.175 e. The second-order valence-electron chi connectivity index (χ2n) is 8.39. The lowest BCUT2D eigenvalue weighted by molar-refractivity contribution is 0.282. The number of hydrogen-bond acceptors (Lipinski definition) is 3. The van der Waals surface area contributed by atoms with Crippen LogP contribution in [0.25, 0.3) is 0 Å². The molecule has 0 aromatic heterocycles. The van der Waals surface area contributed by atoms with Gasteiger partial charge in [-0.15, -0.1) is 0 Å². The minimum Gasteiger partial charge on any atom is -0.493 e. The largest absolute Gasteiger partial charge is 0.493 e. The van der Waals surface area contributed by atoms with Gasteiger partial charge < -0.3 is 14.8 Å². The van der Waals surface area contributed by atoms with Crippen molar-refractivity contribution < 1.29 is 13.9 Å². The molecule has 0 saturated heterocycles. The minimum absolute atomic E-state index is 0.0897. The zero-order chi connectivity index (χ0) is 24.0. The van der Waals surface area contributed by atoms with Crippen LogP contribution in [0.1, 0.15) is 35.1 Å². The minimum atomic E-state index is -0.265. The summed E-state index contributed by atoms with van der Waals surface area (Å²) in [4.78, 5) is 0. The summed E-state index contributed by atoms with van der Waals surface area (Å²) in [5, 5.41) is 4.58. The Kier molecular flexibility index (Phi) is 6.86.